The highest BCUT2D eigenvalue weighted by molar-refractivity contribution is 14.1. The van der Waals surface area contributed by atoms with Crippen LogP contribution in [0.2, 0.25) is 0 Å². The van der Waals surface area contributed by atoms with Crippen molar-refractivity contribution in [1.82, 2.24) is 9.99 Å². The summed E-state index contributed by atoms with van der Waals surface area (Å²) in [6.07, 6.45) is 0. The van der Waals surface area contributed by atoms with Gasteiger partial charge in [-0.25, -0.2) is 0 Å². The molecule has 0 unspecified atom stereocenters. The molecule has 2 aromatic rings. The fourth-order valence-corrected chi connectivity index (χ4v) is 2.09. The van der Waals surface area contributed by atoms with Crippen LogP contribution < -0.4 is 16.0 Å². The summed E-state index contributed by atoms with van der Waals surface area (Å²) in [5.74, 6) is -0.328. The maximum Gasteiger partial charge on any atom is 0.286 e. The molecule has 0 saturated heterocycles. The molecule has 2 rings (SSSR count). The summed E-state index contributed by atoms with van der Waals surface area (Å²) in [5.41, 5.74) is 3.69. The molecule has 5 nitrogen and oxygen atoms in total. The lowest BCUT2D eigenvalue weighted by molar-refractivity contribution is 0.0942. The van der Waals surface area contributed by atoms with E-state index in [-0.39, 0.29) is 11.5 Å². The first kappa shape index (κ1) is 14.6. The summed E-state index contributed by atoms with van der Waals surface area (Å²) in [5, 5.41) is 1.62. The Labute approximate surface area is 130 Å². The number of halogens is 1. The van der Waals surface area contributed by atoms with Crippen molar-refractivity contribution in [2.24, 2.45) is 7.05 Å². The molecule has 0 saturated carbocycles. The zero-order chi connectivity index (χ0) is 14.7. The number of nitrogens with one attached hydrogen (secondary N) is 1. The molecule has 0 atom stereocenters. The molecule has 0 spiro atoms. The van der Waals surface area contributed by atoms with E-state index in [1.54, 1.807) is 31.2 Å². The quantitative estimate of drug-likeness (QED) is 0.650. The first-order chi connectivity index (χ1) is 9.49. The van der Waals surface area contributed by atoms with Crippen LogP contribution in [0.15, 0.2) is 47.3 Å². The van der Waals surface area contributed by atoms with Crippen LogP contribution in [-0.4, -0.2) is 17.5 Å². The van der Waals surface area contributed by atoms with Gasteiger partial charge >= 0.3 is 0 Å². The molecule has 20 heavy (non-hydrogen) atoms. The number of anilines is 1. The summed E-state index contributed by atoms with van der Waals surface area (Å²) < 4.78 is 2.44. The van der Waals surface area contributed by atoms with Gasteiger partial charge in [-0.2, -0.15) is 0 Å². The van der Waals surface area contributed by atoms with Crippen molar-refractivity contribution >= 4 is 34.2 Å². The average molecular weight is 383 g/mol. The van der Waals surface area contributed by atoms with Gasteiger partial charge in [0, 0.05) is 23.7 Å². The topological polar surface area (TPSA) is 54.3 Å². The van der Waals surface area contributed by atoms with E-state index >= 15 is 0 Å². The van der Waals surface area contributed by atoms with Gasteiger partial charge in [-0.15, -0.1) is 0 Å². The highest BCUT2D eigenvalue weighted by Gasteiger charge is 2.11. The molecule has 104 valence electrons. The molecule has 1 N–H and O–H groups in total. The van der Waals surface area contributed by atoms with Crippen LogP contribution in [0.25, 0.3) is 0 Å². The Morgan fingerprint density at radius 3 is 2.50 bits per heavy atom. The van der Waals surface area contributed by atoms with Gasteiger partial charge < -0.3 is 4.57 Å². The normalized spacial score (nSPS) is 10.2. The van der Waals surface area contributed by atoms with Crippen molar-refractivity contribution in [2.75, 3.05) is 12.1 Å². The van der Waals surface area contributed by atoms with Crippen molar-refractivity contribution in [2.45, 2.75) is 0 Å². The minimum Gasteiger partial charge on any atom is -0.307 e. The Hall–Kier alpha value is -1.83. The van der Waals surface area contributed by atoms with Crippen LogP contribution in [0.5, 0.6) is 0 Å². The van der Waals surface area contributed by atoms with Crippen LogP contribution in [0.3, 0.4) is 0 Å². The van der Waals surface area contributed by atoms with Crippen molar-refractivity contribution in [3.8, 4) is 0 Å². The van der Waals surface area contributed by atoms with E-state index in [2.05, 4.69) is 28.0 Å². The third kappa shape index (κ3) is 3.19. The number of rotatable bonds is 3. The van der Waals surface area contributed by atoms with Gasteiger partial charge in [0.2, 0.25) is 0 Å². The number of pyridine rings is 1. The molecule has 6 heteroatoms. The largest absolute Gasteiger partial charge is 0.307 e. The van der Waals surface area contributed by atoms with Crippen LogP contribution in [-0.2, 0) is 7.05 Å². The molecule has 1 amide bonds. The minimum absolute atomic E-state index is 0.213. The van der Waals surface area contributed by atoms with E-state index in [1.807, 2.05) is 24.3 Å². The molecular weight excluding hydrogens is 369 g/mol. The number of carbonyl (C=O) groups is 1. The van der Waals surface area contributed by atoms with Gasteiger partial charge in [0.05, 0.1) is 5.69 Å². The number of nitrogens with zero attached hydrogens (tertiary/aromatic N) is 2. The van der Waals surface area contributed by atoms with Crippen LogP contribution in [0.1, 0.15) is 10.5 Å². The predicted octanol–water partition coefficient (Wildman–Crippen LogP) is 1.77. The van der Waals surface area contributed by atoms with E-state index in [4.69, 9.17) is 0 Å². The third-order valence-corrected chi connectivity index (χ3v) is 3.62. The van der Waals surface area contributed by atoms with Crippen molar-refractivity contribution in [3.05, 3.63) is 62.1 Å². The predicted molar refractivity (Wildman–Crippen MR) is 86.7 cm³/mol. The number of hydrogen-bond donors (Lipinski definition) is 1. The number of carbonyl (C=O) groups excluding carboxylic acids is 1. The molecule has 0 radical (unpaired) electrons. The van der Waals surface area contributed by atoms with Crippen LogP contribution in [0.4, 0.5) is 5.69 Å². The molecule has 1 heterocycles. The first-order valence-electron chi connectivity index (χ1n) is 5.95. The molecule has 1 aromatic heterocycles. The SMILES string of the molecule is CN(NC(=O)c1cccc(=O)n1C)c1ccc(I)cc1. The average Bonchev–Trinajstić information content (AvgIpc) is 2.42. The Kier molecular flexibility index (Phi) is 4.43. The zero-order valence-electron chi connectivity index (χ0n) is 11.1. The number of amides is 1. The second-order valence-corrected chi connectivity index (χ2v) is 5.53. The molecule has 0 bridgehead atoms. The lowest BCUT2D eigenvalue weighted by Crippen LogP contribution is -2.41. The lowest BCUT2D eigenvalue weighted by Gasteiger charge is -2.21. The number of hydrogen-bond acceptors (Lipinski definition) is 3. The minimum atomic E-state index is -0.328. The number of aromatic nitrogens is 1. The fourth-order valence-electron chi connectivity index (χ4n) is 1.73. The molecule has 0 aliphatic heterocycles. The van der Waals surface area contributed by atoms with Gasteiger partial charge in [0.15, 0.2) is 0 Å². The fraction of sp³-hybridized carbons (Fsp3) is 0.143. The summed E-state index contributed by atoms with van der Waals surface area (Å²) in [4.78, 5) is 23.7. The van der Waals surface area contributed by atoms with Gasteiger partial charge in [-0.3, -0.25) is 20.0 Å². The molecule has 0 fully saturated rings. The summed E-state index contributed by atoms with van der Waals surface area (Å²) >= 11 is 2.22. The number of hydrazine groups is 1. The second-order valence-electron chi connectivity index (χ2n) is 4.28. The molecule has 0 aliphatic rings. The van der Waals surface area contributed by atoms with Gasteiger partial charge in [-0.1, -0.05) is 6.07 Å². The zero-order valence-corrected chi connectivity index (χ0v) is 13.3. The van der Waals surface area contributed by atoms with Crippen molar-refractivity contribution in [1.29, 1.82) is 0 Å². The maximum atomic E-state index is 12.2. The van der Waals surface area contributed by atoms with E-state index in [9.17, 15) is 9.59 Å². The molecular formula is C14H14IN3O2. The molecule has 1 aromatic carbocycles. The second kappa shape index (κ2) is 6.08. The molecule has 0 aliphatic carbocycles. The van der Waals surface area contributed by atoms with E-state index in [1.165, 1.54) is 10.6 Å². The third-order valence-electron chi connectivity index (χ3n) is 2.90. The summed E-state index contributed by atoms with van der Waals surface area (Å²) in [7, 11) is 3.32. The Morgan fingerprint density at radius 1 is 1.20 bits per heavy atom. The Bertz CT molecular complexity index is 680. The monoisotopic (exact) mass is 383 g/mol. The van der Waals surface area contributed by atoms with Gasteiger partial charge in [-0.05, 0) is 52.9 Å². The van der Waals surface area contributed by atoms with Crippen LogP contribution >= 0.6 is 22.6 Å². The van der Waals surface area contributed by atoms with Crippen molar-refractivity contribution in [3.63, 3.8) is 0 Å². The standard InChI is InChI=1S/C14H14IN3O2/c1-17-12(4-3-5-13(17)19)14(20)16-18(2)11-8-6-10(15)7-9-11/h3-9H,1-2H3,(H,16,20). The maximum absolute atomic E-state index is 12.2. The lowest BCUT2D eigenvalue weighted by atomic mass is 10.3. The van der Waals surface area contributed by atoms with Crippen molar-refractivity contribution < 1.29 is 4.79 Å². The van der Waals surface area contributed by atoms with Gasteiger partial charge in [0.25, 0.3) is 11.5 Å². The van der Waals surface area contributed by atoms with E-state index < -0.39 is 0 Å². The highest BCUT2D eigenvalue weighted by atomic mass is 127. The van der Waals surface area contributed by atoms with Gasteiger partial charge in [0.1, 0.15) is 5.69 Å². The Morgan fingerprint density at radius 2 is 1.85 bits per heavy atom. The smallest absolute Gasteiger partial charge is 0.286 e. The Balaban J connectivity index is 2.17. The van der Waals surface area contributed by atoms with E-state index in [0.717, 1.165) is 9.26 Å². The van der Waals surface area contributed by atoms with Crippen LogP contribution in [0, 0.1) is 3.57 Å². The highest BCUT2D eigenvalue weighted by Crippen LogP contribution is 2.13. The summed E-state index contributed by atoms with van der Waals surface area (Å²) in [6.45, 7) is 0. The summed E-state index contributed by atoms with van der Waals surface area (Å²) in [6, 6.07) is 12.3. The van der Waals surface area contributed by atoms with E-state index in [0.29, 0.717) is 5.69 Å². The number of benzene rings is 1. The first-order valence-corrected chi connectivity index (χ1v) is 7.03.